The van der Waals surface area contributed by atoms with Gasteiger partial charge in [0.05, 0.1) is 6.61 Å². The Morgan fingerprint density at radius 1 is 1.50 bits per heavy atom. The predicted molar refractivity (Wildman–Crippen MR) is 83.2 cm³/mol. The van der Waals surface area contributed by atoms with Gasteiger partial charge in [-0.2, -0.15) is 0 Å². The fourth-order valence-corrected chi connectivity index (χ4v) is 2.17. The molecule has 1 aliphatic rings. The number of carbonyl (C=O) groups excluding carboxylic acids is 1. The van der Waals surface area contributed by atoms with Gasteiger partial charge in [-0.1, -0.05) is 12.1 Å². The first-order chi connectivity index (χ1) is 10.6. The van der Waals surface area contributed by atoms with Crippen molar-refractivity contribution < 1.29 is 9.53 Å². The standard InChI is InChI=1S/C16H20N4O2/c1-11(22-9-12-6-7-12)16(21)18-14-5-3-4-13(8-14)15-19-17-10-20(15)2/h3-5,8,10-12H,6-7,9H2,1-2H3,(H,18,21). The van der Waals surface area contributed by atoms with E-state index in [0.717, 1.165) is 17.1 Å². The van der Waals surface area contributed by atoms with Gasteiger partial charge >= 0.3 is 0 Å². The number of ether oxygens (including phenoxy) is 1. The largest absolute Gasteiger partial charge is 0.368 e. The first-order valence-corrected chi connectivity index (χ1v) is 7.50. The van der Waals surface area contributed by atoms with Crippen molar-refractivity contribution in [3.8, 4) is 11.4 Å². The summed E-state index contributed by atoms with van der Waals surface area (Å²) in [6.45, 7) is 2.46. The van der Waals surface area contributed by atoms with Gasteiger partial charge in [-0.05, 0) is 37.8 Å². The van der Waals surface area contributed by atoms with Crippen LogP contribution in [-0.2, 0) is 16.6 Å². The number of aromatic nitrogens is 3. The van der Waals surface area contributed by atoms with Gasteiger partial charge in [0.25, 0.3) is 5.91 Å². The molecule has 22 heavy (non-hydrogen) atoms. The number of hydrogen-bond donors (Lipinski definition) is 1. The highest BCUT2D eigenvalue weighted by molar-refractivity contribution is 5.94. The topological polar surface area (TPSA) is 69.0 Å². The van der Waals surface area contributed by atoms with Crippen molar-refractivity contribution in [1.82, 2.24) is 14.8 Å². The molecule has 0 saturated heterocycles. The molecule has 1 aliphatic carbocycles. The quantitative estimate of drug-likeness (QED) is 0.888. The average Bonchev–Trinajstić information content (AvgIpc) is 3.25. The van der Waals surface area contributed by atoms with Gasteiger partial charge in [0.2, 0.25) is 0 Å². The molecule has 0 bridgehead atoms. The minimum absolute atomic E-state index is 0.129. The number of nitrogens with zero attached hydrogens (tertiary/aromatic N) is 3. The van der Waals surface area contributed by atoms with Crippen molar-refractivity contribution in [3.63, 3.8) is 0 Å². The second kappa shape index (κ2) is 6.27. The minimum Gasteiger partial charge on any atom is -0.368 e. The molecule has 1 fully saturated rings. The molecule has 1 heterocycles. The van der Waals surface area contributed by atoms with Crippen molar-refractivity contribution in [1.29, 1.82) is 0 Å². The first kappa shape index (κ1) is 14.7. The molecule has 116 valence electrons. The lowest BCUT2D eigenvalue weighted by Crippen LogP contribution is -2.28. The Balaban J connectivity index is 1.64. The number of benzene rings is 1. The molecule has 1 saturated carbocycles. The molecule has 1 atom stereocenters. The molecule has 2 aromatic rings. The maximum atomic E-state index is 12.1. The van der Waals surface area contributed by atoms with E-state index in [1.54, 1.807) is 13.3 Å². The Hall–Kier alpha value is -2.21. The average molecular weight is 300 g/mol. The number of aryl methyl sites for hydroxylation is 1. The van der Waals surface area contributed by atoms with Crippen molar-refractivity contribution >= 4 is 11.6 Å². The van der Waals surface area contributed by atoms with Crippen LogP contribution in [0.4, 0.5) is 5.69 Å². The third kappa shape index (κ3) is 3.51. The molecule has 1 aromatic heterocycles. The molecule has 0 aliphatic heterocycles. The molecule has 0 spiro atoms. The van der Waals surface area contributed by atoms with Crippen LogP contribution in [0, 0.1) is 5.92 Å². The van der Waals surface area contributed by atoms with Crippen LogP contribution in [0.25, 0.3) is 11.4 Å². The predicted octanol–water partition coefficient (Wildman–Crippen LogP) is 2.24. The normalized spacial score (nSPS) is 15.5. The fraction of sp³-hybridized carbons (Fsp3) is 0.438. The third-order valence-electron chi connectivity index (χ3n) is 3.75. The van der Waals surface area contributed by atoms with Crippen LogP contribution in [0.1, 0.15) is 19.8 Å². The number of rotatable bonds is 6. The smallest absolute Gasteiger partial charge is 0.253 e. The third-order valence-corrected chi connectivity index (χ3v) is 3.75. The highest BCUT2D eigenvalue weighted by Crippen LogP contribution is 2.29. The van der Waals surface area contributed by atoms with E-state index in [0.29, 0.717) is 12.5 Å². The van der Waals surface area contributed by atoms with Crippen molar-refractivity contribution in [3.05, 3.63) is 30.6 Å². The van der Waals surface area contributed by atoms with Crippen LogP contribution >= 0.6 is 0 Å². The van der Waals surface area contributed by atoms with Crippen molar-refractivity contribution in [2.24, 2.45) is 13.0 Å². The number of anilines is 1. The zero-order chi connectivity index (χ0) is 15.5. The lowest BCUT2D eigenvalue weighted by molar-refractivity contribution is -0.126. The van der Waals surface area contributed by atoms with Gasteiger partial charge in [0.15, 0.2) is 5.82 Å². The molecule has 3 rings (SSSR count). The van der Waals surface area contributed by atoms with Crippen LogP contribution in [0.2, 0.25) is 0 Å². The van der Waals surface area contributed by atoms with Crippen LogP contribution in [0.15, 0.2) is 30.6 Å². The van der Waals surface area contributed by atoms with E-state index in [9.17, 15) is 4.79 Å². The van der Waals surface area contributed by atoms with Gasteiger partial charge in [-0.3, -0.25) is 4.79 Å². The van der Waals surface area contributed by atoms with Gasteiger partial charge in [-0.15, -0.1) is 10.2 Å². The minimum atomic E-state index is -0.445. The molecule has 1 amide bonds. The molecule has 1 unspecified atom stereocenters. The molecule has 1 aromatic carbocycles. The van der Waals surface area contributed by atoms with E-state index < -0.39 is 6.10 Å². The number of hydrogen-bond acceptors (Lipinski definition) is 4. The van der Waals surface area contributed by atoms with E-state index in [2.05, 4.69) is 15.5 Å². The summed E-state index contributed by atoms with van der Waals surface area (Å²) in [6.07, 6.45) is 3.63. The number of amides is 1. The Morgan fingerprint density at radius 2 is 2.32 bits per heavy atom. The van der Waals surface area contributed by atoms with E-state index in [4.69, 9.17) is 4.74 Å². The van der Waals surface area contributed by atoms with Crippen LogP contribution < -0.4 is 5.32 Å². The Bertz CT molecular complexity index is 664. The summed E-state index contributed by atoms with van der Waals surface area (Å²) in [7, 11) is 1.88. The summed E-state index contributed by atoms with van der Waals surface area (Å²) in [4.78, 5) is 12.1. The molecular formula is C16H20N4O2. The summed E-state index contributed by atoms with van der Waals surface area (Å²) in [5, 5.41) is 10.8. The van der Waals surface area contributed by atoms with E-state index in [1.165, 1.54) is 12.8 Å². The van der Waals surface area contributed by atoms with Crippen molar-refractivity contribution in [2.75, 3.05) is 11.9 Å². The van der Waals surface area contributed by atoms with Gasteiger partial charge in [0, 0.05) is 18.3 Å². The lowest BCUT2D eigenvalue weighted by atomic mass is 10.2. The van der Waals surface area contributed by atoms with E-state index in [1.807, 2.05) is 35.9 Å². The number of nitrogens with one attached hydrogen (secondary N) is 1. The molecule has 0 radical (unpaired) electrons. The number of carbonyl (C=O) groups is 1. The molecule has 6 nitrogen and oxygen atoms in total. The summed E-state index contributed by atoms with van der Waals surface area (Å²) in [6, 6.07) is 7.56. The van der Waals surface area contributed by atoms with Crippen LogP contribution in [0.5, 0.6) is 0 Å². The van der Waals surface area contributed by atoms with E-state index in [-0.39, 0.29) is 5.91 Å². The Labute approximate surface area is 129 Å². The van der Waals surface area contributed by atoms with E-state index >= 15 is 0 Å². The SMILES string of the molecule is CC(OCC1CC1)C(=O)Nc1cccc(-c2nncn2C)c1. The molecule has 6 heteroatoms. The fourth-order valence-electron chi connectivity index (χ4n) is 2.17. The van der Waals surface area contributed by atoms with Gasteiger partial charge in [0.1, 0.15) is 12.4 Å². The maximum absolute atomic E-state index is 12.1. The Kier molecular flexibility index (Phi) is 4.20. The zero-order valence-electron chi connectivity index (χ0n) is 12.8. The summed E-state index contributed by atoms with van der Waals surface area (Å²) < 4.78 is 7.42. The van der Waals surface area contributed by atoms with Crippen LogP contribution in [0.3, 0.4) is 0 Å². The van der Waals surface area contributed by atoms with Gasteiger partial charge in [-0.25, -0.2) is 0 Å². The molecule has 1 N–H and O–H groups in total. The Morgan fingerprint density at radius 3 is 3.00 bits per heavy atom. The first-order valence-electron chi connectivity index (χ1n) is 7.50. The monoisotopic (exact) mass is 300 g/mol. The highest BCUT2D eigenvalue weighted by Gasteiger charge is 2.24. The maximum Gasteiger partial charge on any atom is 0.253 e. The van der Waals surface area contributed by atoms with Crippen molar-refractivity contribution in [2.45, 2.75) is 25.9 Å². The van der Waals surface area contributed by atoms with Gasteiger partial charge < -0.3 is 14.6 Å². The molecular weight excluding hydrogens is 280 g/mol. The highest BCUT2D eigenvalue weighted by atomic mass is 16.5. The second-order valence-corrected chi connectivity index (χ2v) is 5.75. The summed E-state index contributed by atoms with van der Waals surface area (Å²) in [5.41, 5.74) is 1.64. The zero-order valence-corrected chi connectivity index (χ0v) is 12.8. The second-order valence-electron chi connectivity index (χ2n) is 5.75. The summed E-state index contributed by atoms with van der Waals surface area (Å²) in [5.74, 6) is 1.28. The lowest BCUT2D eigenvalue weighted by Gasteiger charge is -2.13. The summed E-state index contributed by atoms with van der Waals surface area (Å²) >= 11 is 0. The van der Waals surface area contributed by atoms with Crippen LogP contribution in [-0.4, -0.2) is 33.4 Å².